The molecule has 0 atom stereocenters. The number of hydrogen-bond donors (Lipinski definition) is 2. The highest BCUT2D eigenvalue weighted by Crippen LogP contribution is 2.30. The second-order valence-corrected chi connectivity index (χ2v) is 8.24. The molecule has 3 aromatic rings. The first-order chi connectivity index (χ1) is 15.3. The van der Waals surface area contributed by atoms with Crippen LogP contribution in [-0.2, 0) is 0 Å². The van der Waals surface area contributed by atoms with Crippen molar-refractivity contribution in [1.82, 2.24) is 30.0 Å². The Hall–Kier alpha value is -3.24. The molecule has 3 aromatic heterocycles. The van der Waals surface area contributed by atoms with Gasteiger partial charge in [0.2, 0.25) is 0 Å². The second kappa shape index (κ2) is 8.86. The predicted octanol–water partition coefficient (Wildman–Crippen LogP) is 2.20. The van der Waals surface area contributed by atoms with E-state index in [1.807, 2.05) is 18.5 Å². The number of aromatic nitrogens is 5. The number of anilines is 2. The van der Waals surface area contributed by atoms with Crippen LogP contribution in [0, 0.1) is 0 Å². The van der Waals surface area contributed by atoms with E-state index in [1.165, 1.54) is 5.57 Å². The first-order valence-electron chi connectivity index (χ1n) is 10.2. The lowest BCUT2D eigenvalue weighted by Gasteiger charge is -2.30. The van der Waals surface area contributed by atoms with Gasteiger partial charge in [0.1, 0.15) is 5.69 Å². The highest BCUT2D eigenvalue weighted by molar-refractivity contribution is 8.02. The van der Waals surface area contributed by atoms with Crippen molar-refractivity contribution in [2.24, 2.45) is 0 Å². The summed E-state index contributed by atoms with van der Waals surface area (Å²) in [5, 5.41) is 12.8. The summed E-state index contributed by atoms with van der Waals surface area (Å²) in [7, 11) is 0. The number of hydrogen-bond acceptors (Lipinski definition) is 8. The number of allylic oxidation sites excluding steroid dienone is 1. The van der Waals surface area contributed by atoms with Gasteiger partial charge in [0, 0.05) is 56.1 Å². The number of piperazine rings is 1. The van der Waals surface area contributed by atoms with E-state index in [1.54, 1.807) is 41.1 Å². The third-order valence-electron chi connectivity index (χ3n) is 5.25. The number of rotatable bonds is 5. The molecule has 5 rings (SSSR count). The van der Waals surface area contributed by atoms with Crippen molar-refractivity contribution in [1.29, 1.82) is 0 Å². The van der Waals surface area contributed by atoms with Gasteiger partial charge >= 0.3 is 0 Å². The van der Waals surface area contributed by atoms with Gasteiger partial charge in [-0.05, 0) is 29.5 Å². The van der Waals surface area contributed by atoms with Crippen LogP contribution in [0.3, 0.4) is 0 Å². The molecule has 31 heavy (non-hydrogen) atoms. The molecule has 158 valence electrons. The Kier molecular flexibility index (Phi) is 5.63. The number of nitrogens with zero attached hydrogens (tertiary/aromatic N) is 6. The number of carbonyl (C=O) groups is 1. The molecule has 10 heteroatoms. The third-order valence-corrected chi connectivity index (χ3v) is 6.14. The molecule has 0 aliphatic carbocycles. The smallest absolute Gasteiger partial charge is 0.274 e. The van der Waals surface area contributed by atoms with Gasteiger partial charge in [0.25, 0.3) is 11.9 Å². The van der Waals surface area contributed by atoms with E-state index in [0.717, 1.165) is 49.6 Å². The zero-order valence-electron chi connectivity index (χ0n) is 16.9. The molecule has 5 heterocycles. The average molecular weight is 435 g/mol. The minimum absolute atomic E-state index is 0.271. The van der Waals surface area contributed by atoms with Gasteiger partial charge in [-0.2, -0.15) is 5.10 Å². The highest BCUT2D eigenvalue weighted by atomic mass is 32.2. The molecule has 2 aliphatic heterocycles. The Balaban J connectivity index is 1.35. The minimum atomic E-state index is -0.310. The maximum absolute atomic E-state index is 12.9. The van der Waals surface area contributed by atoms with Crippen LogP contribution in [0.2, 0.25) is 0 Å². The van der Waals surface area contributed by atoms with Crippen LogP contribution in [-0.4, -0.2) is 62.6 Å². The SMILES string of the molecule is O=C(Nc1cnccc1N1CCNCC1)c1ccnc(-n2cc(C3=CSCC3)cn2)n1. The summed E-state index contributed by atoms with van der Waals surface area (Å²) in [4.78, 5) is 28.1. The van der Waals surface area contributed by atoms with Gasteiger partial charge in [0.05, 0.1) is 23.8 Å². The Morgan fingerprint density at radius 2 is 2.06 bits per heavy atom. The molecule has 0 unspecified atom stereocenters. The van der Waals surface area contributed by atoms with Crippen LogP contribution in [0.1, 0.15) is 22.5 Å². The van der Waals surface area contributed by atoms with E-state index in [2.05, 4.69) is 41.0 Å². The fraction of sp³-hybridized carbons (Fsp3) is 0.286. The molecule has 0 radical (unpaired) electrons. The van der Waals surface area contributed by atoms with Crippen molar-refractivity contribution < 1.29 is 4.79 Å². The molecule has 0 saturated carbocycles. The molecule has 2 aliphatic rings. The molecule has 1 saturated heterocycles. The van der Waals surface area contributed by atoms with E-state index in [0.29, 0.717) is 11.6 Å². The van der Waals surface area contributed by atoms with E-state index in [9.17, 15) is 4.79 Å². The normalized spacial score (nSPS) is 16.3. The number of amides is 1. The number of pyridine rings is 1. The molecular formula is C21H22N8OS. The standard InChI is InChI=1S/C21H22N8OS/c30-20(26-18-12-23-4-2-19(18)28-8-6-22-7-9-28)17-1-5-24-21(27-17)29-13-16(11-25-29)15-3-10-31-14-15/h1-2,4-5,11-14,22H,3,6-10H2,(H,26,30). The highest BCUT2D eigenvalue weighted by Gasteiger charge is 2.18. The Morgan fingerprint density at radius 3 is 2.90 bits per heavy atom. The van der Waals surface area contributed by atoms with Crippen LogP contribution < -0.4 is 15.5 Å². The van der Waals surface area contributed by atoms with E-state index in [-0.39, 0.29) is 11.6 Å². The van der Waals surface area contributed by atoms with Gasteiger partial charge in [-0.3, -0.25) is 9.78 Å². The molecule has 0 aromatic carbocycles. The average Bonchev–Trinajstić information content (AvgIpc) is 3.52. The van der Waals surface area contributed by atoms with Crippen molar-refractivity contribution in [3.05, 3.63) is 59.8 Å². The summed E-state index contributed by atoms with van der Waals surface area (Å²) in [5.41, 5.74) is 4.22. The Morgan fingerprint density at radius 1 is 1.16 bits per heavy atom. The summed E-state index contributed by atoms with van der Waals surface area (Å²) in [5.74, 6) is 1.14. The fourth-order valence-electron chi connectivity index (χ4n) is 3.63. The first-order valence-corrected chi connectivity index (χ1v) is 11.2. The Labute approximate surface area is 184 Å². The topological polar surface area (TPSA) is 101 Å². The summed E-state index contributed by atoms with van der Waals surface area (Å²) in [6, 6.07) is 3.52. The van der Waals surface area contributed by atoms with E-state index >= 15 is 0 Å². The first kappa shape index (κ1) is 19.7. The van der Waals surface area contributed by atoms with Crippen molar-refractivity contribution in [2.75, 3.05) is 42.1 Å². The third kappa shape index (κ3) is 4.30. The molecule has 2 N–H and O–H groups in total. The summed E-state index contributed by atoms with van der Waals surface area (Å²) in [6.07, 6.45) is 9.72. The fourth-order valence-corrected chi connectivity index (χ4v) is 4.54. The number of thioether (sulfide) groups is 1. The quantitative estimate of drug-likeness (QED) is 0.630. The molecule has 0 spiro atoms. The van der Waals surface area contributed by atoms with Gasteiger partial charge in [-0.25, -0.2) is 14.6 Å². The zero-order chi connectivity index (χ0) is 21.0. The van der Waals surface area contributed by atoms with Crippen molar-refractivity contribution >= 4 is 34.6 Å². The Bertz CT molecular complexity index is 1120. The lowest BCUT2D eigenvalue weighted by Crippen LogP contribution is -2.43. The van der Waals surface area contributed by atoms with E-state index < -0.39 is 0 Å². The van der Waals surface area contributed by atoms with Crippen LogP contribution in [0.25, 0.3) is 11.5 Å². The van der Waals surface area contributed by atoms with Gasteiger partial charge in [-0.15, -0.1) is 11.8 Å². The maximum atomic E-state index is 12.9. The maximum Gasteiger partial charge on any atom is 0.274 e. The molecule has 0 bridgehead atoms. The predicted molar refractivity (Wildman–Crippen MR) is 121 cm³/mol. The van der Waals surface area contributed by atoms with Crippen molar-refractivity contribution in [3.8, 4) is 5.95 Å². The molecule has 1 fully saturated rings. The van der Waals surface area contributed by atoms with Crippen LogP contribution >= 0.6 is 11.8 Å². The summed E-state index contributed by atoms with van der Waals surface area (Å²) < 4.78 is 1.60. The monoisotopic (exact) mass is 434 g/mol. The van der Waals surface area contributed by atoms with Crippen LogP contribution in [0.4, 0.5) is 11.4 Å². The van der Waals surface area contributed by atoms with E-state index in [4.69, 9.17) is 0 Å². The van der Waals surface area contributed by atoms with Crippen molar-refractivity contribution in [2.45, 2.75) is 6.42 Å². The van der Waals surface area contributed by atoms with Crippen LogP contribution in [0.5, 0.6) is 0 Å². The number of carbonyl (C=O) groups excluding carboxylic acids is 1. The molecular weight excluding hydrogens is 412 g/mol. The van der Waals surface area contributed by atoms with Crippen molar-refractivity contribution in [3.63, 3.8) is 0 Å². The summed E-state index contributed by atoms with van der Waals surface area (Å²) in [6.45, 7) is 3.57. The molecule has 1 amide bonds. The lowest BCUT2D eigenvalue weighted by molar-refractivity contribution is 0.102. The van der Waals surface area contributed by atoms with Gasteiger partial charge in [0.15, 0.2) is 0 Å². The van der Waals surface area contributed by atoms with Gasteiger partial charge in [-0.1, -0.05) is 0 Å². The second-order valence-electron chi connectivity index (χ2n) is 7.26. The van der Waals surface area contributed by atoms with Gasteiger partial charge < -0.3 is 15.5 Å². The number of nitrogens with one attached hydrogen (secondary N) is 2. The molecule has 9 nitrogen and oxygen atoms in total. The zero-order valence-corrected chi connectivity index (χ0v) is 17.7. The summed E-state index contributed by atoms with van der Waals surface area (Å²) >= 11 is 1.81. The lowest BCUT2D eigenvalue weighted by atomic mass is 10.1. The largest absolute Gasteiger partial charge is 0.367 e. The van der Waals surface area contributed by atoms with Crippen LogP contribution in [0.15, 0.2) is 48.5 Å². The minimum Gasteiger partial charge on any atom is -0.367 e.